The molecule has 0 aliphatic heterocycles. The highest BCUT2D eigenvalue weighted by molar-refractivity contribution is 9.13. The van der Waals surface area contributed by atoms with E-state index in [9.17, 15) is 5.11 Å². The van der Waals surface area contributed by atoms with E-state index in [2.05, 4.69) is 36.8 Å². The van der Waals surface area contributed by atoms with E-state index in [1.54, 1.807) is 22.7 Å². The molecular weight excluding hydrogens is 434 g/mol. The molecule has 0 saturated carbocycles. The fourth-order valence-electron chi connectivity index (χ4n) is 1.94. The van der Waals surface area contributed by atoms with Crippen molar-refractivity contribution in [1.29, 1.82) is 0 Å². The molecule has 0 fully saturated rings. The van der Waals surface area contributed by atoms with E-state index in [0.29, 0.717) is 6.42 Å². The lowest BCUT2D eigenvalue weighted by Gasteiger charge is -2.05. The fraction of sp³-hybridized carbons (Fsp3) is 0.133. The van der Waals surface area contributed by atoms with Crippen LogP contribution in [0.15, 0.2) is 50.0 Å². The molecule has 0 bridgehead atoms. The van der Waals surface area contributed by atoms with Gasteiger partial charge < -0.3 is 5.11 Å². The van der Waals surface area contributed by atoms with Crippen LogP contribution in [0.1, 0.15) is 16.0 Å². The maximum atomic E-state index is 10.3. The Morgan fingerprint density at radius 3 is 2.62 bits per heavy atom. The highest BCUT2D eigenvalue weighted by atomic mass is 79.9. The van der Waals surface area contributed by atoms with Gasteiger partial charge in [0.05, 0.1) is 20.6 Å². The third-order valence-electron chi connectivity index (χ3n) is 2.98. The Hall–Kier alpha value is -0.530. The van der Waals surface area contributed by atoms with Gasteiger partial charge in [0.25, 0.3) is 0 Å². The average molecular weight is 445 g/mol. The summed E-state index contributed by atoms with van der Waals surface area (Å²) >= 11 is 10.0. The standard InChI is InChI=1S/C15H11Br2NOS2/c16-10-6-13(21-15(10)17)12(19)7-14-18-11(8-20-14)9-4-2-1-3-5-9/h1-6,8,12,19H,7H2. The number of halogens is 2. The van der Waals surface area contributed by atoms with Gasteiger partial charge in [-0.15, -0.1) is 22.7 Å². The van der Waals surface area contributed by atoms with E-state index in [1.807, 2.05) is 41.8 Å². The Morgan fingerprint density at radius 2 is 1.95 bits per heavy atom. The first-order valence-electron chi connectivity index (χ1n) is 6.26. The fourth-order valence-corrected chi connectivity index (χ4v) is 4.86. The van der Waals surface area contributed by atoms with Gasteiger partial charge >= 0.3 is 0 Å². The number of aliphatic hydroxyl groups excluding tert-OH is 1. The van der Waals surface area contributed by atoms with E-state index >= 15 is 0 Å². The number of hydrogen-bond donors (Lipinski definition) is 1. The van der Waals surface area contributed by atoms with Crippen molar-refractivity contribution in [2.24, 2.45) is 0 Å². The number of rotatable bonds is 4. The minimum Gasteiger partial charge on any atom is -0.387 e. The molecule has 6 heteroatoms. The molecule has 3 aromatic rings. The highest BCUT2D eigenvalue weighted by Crippen LogP contribution is 2.36. The first-order valence-corrected chi connectivity index (χ1v) is 9.54. The second kappa shape index (κ2) is 6.71. The predicted octanol–water partition coefficient (Wildman–Crippen LogP) is 5.67. The van der Waals surface area contributed by atoms with Crippen LogP contribution in [0.2, 0.25) is 0 Å². The van der Waals surface area contributed by atoms with Crippen molar-refractivity contribution in [3.8, 4) is 11.3 Å². The number of thiazole rings is 1. The lowest BCUT2D eigenvalue weighted by Crippen LogP contribution is -1.99. The summed E-state index contributed by atoms with van der Waals surface area (Å²) in [5, 5.41) is 13.3. The molecule has 0 amide bonds. The molecule has 0 aliphatic rings. The minimum atomic E-state index is -0.521. The lowest BCUT2D eigenvalue weighted by molar-refractivity contribution is 0.182. The molecule has 21 heavy (non-hydrogen) atoms. The van der Waals surface area contributed by atoms with Gasteiger partial charge in [0.1, 0.15) is 0 Å². The van der Waals surface area contributed by atoms with Crippen molar-refractivity contribution in [2.45, 2.75) is 12.5 Å². The summed E-state index contributed by atoms with van der Waals surface area (Å²) in [5.41, 5.74) is 2.08. The van der Waals surface area contributed by atoms with Crippen molar-refractivity contribution in [2.75, 3.05) is 0 Å². The predicted molar refractivity (Wildman–Crippen MR) is 95.9 cm³/mol. The summed E-state index contributed by atoms with van der Waals surface area (Å²) in [5.74, 6) is 0. The van der Waals surface area contributed by atoms with Crippen molar-refractivity contribution in [1.82, 2.24) is 4.98 Å². The molecular formula is C15H11Br2NOS2. The molecule has 2 nitrogen and oxygen atoms in total. The number of hydrogen-bond acceptors (Lipinski definition) is 4. The summed E-state index contributed by atoms with van der Waals surface area (Å²) in [4.78, 5) is 5.55. The maximum Gasteiger partial charge on any atom is 0.0962 e. The molecule has 0 spiro atoms. The van der Waals surface area contributed by atoms with Gasteiger partial charge in [0.2, 0.25) is 0 Å². The third kappa shape index (κ3) is 3.63. The summed E-state index contributed by atoms with van der Waals surface area (Å²) < 4.78 is 1.98. The quantitative estimate of drug-likeness (QED) is 0.562. The summed E-state index contributed by atoms with van der Waals surface area (Å²) in [6.07, 6.45) is 0.0176. The van der Waals surface area contributed by atoms with Crippen molar-refractivity contribution in [3.63, 3.8) is 0 Å². The van der Waals surface area contributed by atoms with Crippen LogP contribution in [0, 0.1) is 0 Å². The molecule has 1 atom stereocenters. The molecule has 1 unspecified atom stereocenters. The van der Waals surface area contributed by atoms with Gasteiger partial charge in [-0.3, -0.25) is 0 Å². The molecule has 2 aromatic heterocycles. The normalized spacial score (nSPS) is 12.5. The molecule has 0 aliphatic carbocycles. The third-order valence-corrected chi connectivity index (χ3v) is 7.21. The second-order valence-corrected chi connectivity index (χ2v) is 8.68. The molecule has 3 rings (SSSR count). The van der Waals surface area contributed by atoms with Crippen LogP contribution in [0.5, 0.6) is 0 Å². The molecule has 1 aromatic carbocycles. The van der Waals surface area contributed by atoms with Crippen LogP contribution in [-0.4, -0.2) is 10.1 Å². The van der Waals surface area contributed by atoms with Gasteiger partial charge in [-0.05, 0) is 37.9 Å². The lowest BCUT2D eigenvalue weighted by atomic mass is 10.2. The smallest absolute Gasteiger partial charge is 0.0962 e. The average Bonchev–Trinajstić information content (AvgIpc) is 3.08. The van der Waals surface area contributed by atoms with Gasteiger partial charge in [0, 0.05) is 26.7 Å². The van der Waals surface area contributed by atoms with E-state index < -0.39 is 6.10 Å². The van der Waals surface area contributed by atoms with Gasteiger partial charge in [-0.2, -0.15) is 0 Å². The van der Waals surface area contributed by atoms with Crippen molar-refractivity contribution >= 4 is 54.5 Å². The topological polar surface area (TPSA) is 33.1 Å². The number of aromatic nitrogens is 1. The second-order valence-electron chi connectivity index (χ2n) is 4.48. The number of benzene rings is 1. The Morgan fingerprint density at radius 1 is 1.19 bits per heavy atom. The van der Waals surface area contributed by atoms with Crippen LogP contribution in [0.25, 0.3) is 11.3 Å². The van der Waals surface area contributed by atoms with Gasteiger partial charge in [-0.25, -0.2) is 4.98 Å². The summed E-state index contributed by atoms with van der Waals surface area (Å²) in [7, 11) is 0. The van der Waals surface area contributed by atoms with Crippen LogP contribution < -0.4 is 0 Å². The Bertz CT molecular complexity index is 720. The molecule has 2 heterocycles. The van der Waals surface area contributed by atoms with Crippen LogP contribution in [0.3, 0.4) is 0 Å². The monoisotopic (exact) mass is 443 g/mol. The van der Waals surface area contributed by atoms with Crippen molar-refractivity contribution < 1.29 is 5.11 Å². The zero-order chi connectivity index (χ0) is 14.8. The first kappa shape index (κ1) is 15.4. The largest absolute Gasteiger partial charge is 0.387 e. The Balaban J connectivity index is 1.75. The Kier molecular flexibility index (Phi) is 4.91. The molecule has 0 radical (unpaired) electrons. The molecule has 108 valence electrons. The van der Waals surface area contributed by atoms with Crippen LogP contribution in [0.4, 0.5) is 0 Å². The zero-order valence-corrected chi connectivity index (χ0v) is 15.6. The SMILES string of the molecule is OC(Cc1nc(-c2ccccc2)cs1)c1cc(Br)c(Br)s1. The van der Waals surface area contributed by atoms with Gasteiger partial charge in [0.15, 0.2) is 0 Å². The Labute approximate surface area is 147 Å². The summed E-state index contributed by atoms with van der Waals surface area (Å²) in [6, 6.07) is 12.0. The first-order chi connectivity index (χ1) is 10.1. The number of nitrogens with zero attached hydrogens (tertiary/aromatic N) is 1. The molecule has 0 saturated heterocycles. The number of thiophene rings is 1. The maximum absolute atomic E-state index is 10.3. The van der Waals surface area contributed by atoms with E-state index in [-0.39, 0.29) is 0 Å². The van der Waals surface area contributed by atoms with Crippen LogP contribution >= 0.6 is 54.5 Å². The zero-order valence-electron chi connectivity index (χ0n) is 10.8. The van der Waals surface area contributed by atoms with E-state index in [4.69, 9.17) is 0 Å². The van der Waals surface area contributed by atoms with Crippen LogP contribution in [-0.2, 0) is 6.42 Å². The van der Waals surface area contributed by atoms with E-state index in [1.165, 1.54) is 0 Å². The highest BCUT2D eigenvalue weighted by Gasteiger charge is 2.16. The molecule has 1 N–H and O–H groups in total. The van der Waals surface area contributed by atoms with Crippen molar-refractivity contribution in [3.05, 3.63) is 59.9 Å². The minimum absolute atomic E-state index is 0.521. The van der Waals surface area contributed by atoms with Gasteiger partial charge in [-0.1, -0.05) is 30.3 Å². The number of aliphatic hydroxyl groups is 1. The van der Waals surface area contributed by atoms with E-state index in [0.717, 1.165) is 29.4 Å². The summed E-state index contributed by atoms with van der Waals surface area (Å²) in [6.45, 7) is 0.